The number of aromatic hydroxyl groups is 1. The van der Waals surface area contributed by atoms with E-state index in [0.717, 1.165) is 19.3 Å². The van der Waals surface area contributed by atoms with Gasteiger partial charge in [0.2, 0.25) is 0 Å². The molecular formula is C18H20FNO. The second-order valence-electron chi connectivity index (χ2n) is 5.80. The highest BCUT2D eigenvalue weighted by molar-refractivity contribution is 5.32. The van der Waals surface area contributed by atoms with Gasteiger partial charge < -0.3 is 10.4 Å². The van der Waals surface area contributed by atoms with Crippen LogP contribution in [0.25, 0.3) is 0 Å². The summed E-state index contributed by atoms with van der Waals surface area (Å²) in [5, 5.41) is 12.8. The van der Waals surface area contributed by atoms with E-state index < -0.39 is 0 Å². The summed E-state index contributed by atoms with van der Waals surface area (Å²) in [4.78, 5) is 0. The Morgan fingerprint density at radius 1 is 1.19 bits per heavy atom. The van der Waals surface area contributed by atoms with E-state index in [1.807, 2.05) is 6.92 Å². The van der Waals surface area contributed by atoms with Crippen molar-refractivity contribution in [3.8, 4) is 5.75 Å². The van der Waals surface area contributed by atoms with Crippen molar-refractivity contribution >= 4 is 0 Å². The second-order valence-corrected chi connectivity index (χ2v) is 5.80. The molecule has 0 aliphatic heterocycles. The van der Waals surface area contributed by atoms with Crippen LogP contribution in [0.5, 0.6) is 5.75 Å². The van der Waals surface area contributed by atoms with E-state index in [0.29, 0.717) is 11.6 Å². The lowest BCUT2D eigenvalue weighted by molar-refractivity contribution is 0.404. The number of aryl methyl sites for hydroxylation is 1. The third-order valence-corrected chi connectivity index (χ3v) is 4.28. The van der Waals surface area contributed by atoms with Crippen molar-refractivity contribution in [2.75, 3.05) is 0 Å². The monoisotopic (exact) mass is 285 g/mol. The van der Waals surface area contributed by atoms with E-state index >= 15 is 0 Å². The Balaban J connectivity index is 1.70. The molecule has 0 fully saturated rings. The summed E-state index contributed by atoms with van der Waals surface area (Å²) in [7, 11) is 0. The number of fused-ring (bicyclic) bond motifs is 1. The maximum Gasteiger partial charge on any atom is 0.131 e. The zero-order chi connectivity index (χ0) is 14.8. The molecule has 0 saturated heterocycles. The molecule has 0 aromatic heterocycles. The molecule has 2 nitrogen and oxygen atoms in total. The van der Waals surface area contributed by atoms with Gasteiger partial charge in [-0.3, -0.25) is 0 Å². The van der Waals surface area contributed by atoms with Crippen molar-refractivity contribution in [1.82, 2.24) is 5.32 Å². The third kappa shape index (κ3) is 3.08. The minimum absolute atomic E-state index is 0.0324. The minimum atomic E-state index is -0.355. The number of phenols is 1. The lowest BCUT2D eigenvalue weighted by atomic mass is 9.88. The number of hydrogen-bond donors (Lipinski definition) is 2. The summed E-state index contributed by atoms with van der Waals surface area (Å²) in [5.41, 5.74) is 3.42. The van der Waals surface area contributed by atoms with Crippen LogP contribution in [0.15, 0.2) is 42.5 Å². The van der Waals surface area contributed by atoms with Crippen molar-refractivity contribution in [3.63, 3.8) is 0 Å². The predicted molar refractivity (Wildman–Crippen MR) is 81.9 cm³/mol. The number of rotatable bonds is 3. The number of hydrogen-bond acceptors (Lipinski definition) is 2. The third-order valence-electron chi connectivity index (χ3n) is 4.28. The van der Waals surface area contributed by atoms with E-state index in [2.05, 4.69) is 29.6 Å². The van der Waals surface area contributed by atoms with Crippen LogP contribution in [0.1, 0.15) is 36.1 Å². The predicted octanol–water partition coefficient (Wildman–Crippen LogP) is 3.74. The highest BCUT2D eigenvalue weighted by Crippen LogP contribution is 2.25. The zero-order valence-electron chi connectivity index (χ0n) is 12.1. The fraction of sp³-hybridized carbons (Fsp3) is 0.333. The number of nitrogens with one attached hydrogen (secondary N) is 1. The molecule has 3 rings (SSSR count). The molecular weight excluding hydrogens is 265 g/mol. The number of phenolic OH excluding ortho intramolecular Hbond substituents is 1. The van der Waals surface area contributed by atoms with Crippen LogP contribution in [-0.2, 0) is 12.8 Å². The summed E-state index contributed by atoms with van der Waals surface area (Å²) in [6.07, 6.45) is 3.12. The molecule has 0 spiro atoms. The van der Waals surface area contributed by atoms with Gasteiger partial charge in [-0.1, -0.05) is 30.3 Å². The molecule has 1 aliphatic carbocycles. The largest absolute Gasteiger partial charge is 0.508 e. The fourth-order valence-corrected chi connectivity index (χ4v) is 3.15. The lowest BCUT2D eigenvalue weighted by Gasteiger charge is -2.28. The molecule has 2 aromatic carbocycles. The Morgan fingerprint density at radius 3 is 2.71 bits per heavy atom. The summed E-state index contributed by atoms with van der Waals surface area (Å²) < 4.78 is 13.9. The van der Waals surface area contributed by atoms with Gasteiger partial charge in [0, 0.05) is 23.7 Å². The molecule has 2 N–H and O–H groups in total. The molecule has 1 aliphatic rings. The van der Waals surface area contributed by atoms with Crippen molar-refractivity contribution in [2.24, 2.45) is 0 Å². The van der Waals surface area contributed by atoms with Crippen LogP contribution < -0.4 is 5.32 Å². The van der Waals surface area contributed by atoms with Gasteiger partial charge in [0.15, 0.2) is 0 Å². The van der Waals surface area contributed by atoms with Crippen molar-refractivity contribution in [2.45, 2.75) is 38.3 Å². The minimum Gasteiger partial charge on any atom is -0.508 e. The zero-order valence-corrected chi connectivity index (χ0v) is 12.1. The van der Waals surface area contributed by atoms with Gasteiger partial charge >= 0.3 is 0 Å². The molecule has 110 valence electrons. The molecule has 0 amide bonds. The first kappa shape index (κ1) is 14.1. The molecule has 2 unspecified atom stereocenters. The SMILES string of the molecule is CC(NC1CCc2ccccc2C1)c1ccc(O)cc1F. The van der Waals surface area contributed by atoms with Gasteiger partial charge in [0.05, 0.1) is 0 Å². The van der Waals surface area contributed by atoms with E-state index in [4.69, 9.17) is 0 Å². The Bertz CT molecular complexity index is 641. The average molecular weight is 285 g/mol. The van der Waals surface area contributed by atoms with Gasteiger partial charge in [0.1, 0.15) is 11.6 Å². The molecule has 0 radical (unpaired) electrons. The van der Waals surface area contributed by atoms with Crippen LogP contribution in [-0.4, -0.2) is 11.1 Å². The first-order valence-corrected chi connectivity index (χ1v) is 7.44. The van der Waals surface area contributed by atoms with Crippen molar-refractivity contribution in [3.05, 3.63) is 65.0 Å². The highest BCUT2D eigenvalue weighted by Gasteiger charge is 2.21. The van der Waals surface area contributed by atoms with Gasteiger partial charge in [-0.25, -0.2) is 4.39 Å². The van der Waals surface area contributed by atoms with Gasteiger partial charge in [0.25, 0.3) is 0 Å². The average Bonchev–Trinajstić information content (AvgIpc) is 2.47. The van der Waals surface area contributed by atoms with Crippen molar-refractivity contribution in [1.29, 1.82) is 0 Å². The smallest absolute Gasteiger partial charge is 0.131 e. The van der Waals surface area contributed by atoms with E-state index in [1.54, 1.807) is 6.07 Å². The molecule has 2 aromatic rings. The summed E-state index contributed by atoms with van der Waals surface area (Å²) in [6, 6.07) is 13.2. The van der Waals surface area contributed by atoms with Crippen LogP contribution >= 0.6 is 0 Å². The maximum atomic E-state index is 13.9. The fourth-order valence-electron chi connectivity index (χ4n) is 3.15. The van der Waals surface area contributed by atoms with E-state index in [-0.39, 0.29) is 17.6 Å². The molecule has 0 saturated carbocycles. The van der Waals surface area contributed by atoms with Crippen LogP contribution in [0.2, 0.25) is 0 Å². The van der Waals surface area contributed by atoms with Crippen LogP contribution in [0, 0.1) is 5.82 Å². The topological polar surface area (TPSA) is 32.3 Å². The van der Waals surface area contributed by atoms with E-state index in [1.165, 1.54) is 23.3 Å². The molecule has 2 atom stereocenters. The van der Waals surface area contributed by atoms with Crippen molar-refractivity contribution < 1.29 is 9.50 Å². The van der Waals surface area contributed by atoms with Gasteiger partial charge in [-0.15, -0.1) is 0 Å². The Kier molecular flexibility index (Phi) is 3.93. The van der Waals surface area contributed by atoms with Crippen LogP contribution in [0.4, 0.5) is 4.39 Å². The lowest BCUT2D eigenvalue weighted by Crippen LogP contribution is -2.36. The number of halogens is 1. The highest BCUT2D eigenvalue weighted by atomic mass is 19.1. The molecule has 3 heteroatoms. The summed E-state index contributed by atoms with van der Waals surface area (Å²) in [5.74, 6) is -0.388. The molecule has 21 heavy (non-hydrogen) atoms. The number of benzene rings is 2. The first-order valence-electron chi connectivity index (χ1n) is 7.44. The Hall–Kier alpha value is -1.87. The summed E-state index contributed by atoms with van der Waals surface area (Å²) >= 11 is 0. The van der Waals surface area contributed by atoms with Gasteiger partial charge in [-0.2, -0.15) is 0 Å². The quantitative estimate of drug-likeness (QED) is 0.900. The normalized spacial score (nSPS) is 19.0. The Labute approximate surface area is 124 Å². The molecule has 0 heterocycles. The van der Waals surface area contributed by atoms with Gasteiger partial charge in [-0.05, 0) is 43.4 Å². The molecule has 0 bridgehead atoms. The maximum absolute atomic E-state index is 13.9. The first-order chi connectivity index (χ1) is 10.1. The Morgan fingerprint density at radius 2 is 1.95 bits per heavy atom. The standard InChI is InChI=1S/C18H20FNO/c1-12(17-9-8-16(21)11-18(17)19)20-15-7-6-13-4-2-3-5-14(13)10-15/h2-5,8-9,11-12,15,20-21H,6-7,10H2,1H3. The summed E-state index contributed by atoms with van der Waals surface area (Å²) in [6.45, 7) is 1.97. The second kappa shape index (κ2) is 5.86. The van der Waals surface area contributed by atoms with Crippen LogP contribution in [0.3, 0.4) is 0 Å². The van der Waals surface area contributed by atoms with E-state index in [9.17, 15) is 9.50 Å².